The molecule has 0 saturated heterocycles. The molecule has 0 aliphatic carbocycles. The van der Waals surface area contributed by atoms with Crippen LogP contribution in [-0.2, 0) is 27.8 Å². The van der Waals surface area contributed by atoms with Gasteiger partial charge in [0, 0.05) is 30.4 Å². The number of primary sulfonamides is 1. The van der Waals surface area contributed by atoms with E-state index in [2.05, 4.69) is 10.3 Å². The largest absolute Gasteiger partial charge is 0.440 e. The van der Waals surface area contributed by atoms with Gasteiger partial charge in [0.2, 0.25) is 10.0 Å². The number of ether oxygens (including phenoxy) is 2. The predicted octanol–water partition coefficient (Wildman–Crippen LogP) is 6.41. The minimum Gasteiger partial charge on any atom is -0.440 e. The van der Waals surface area contributed by atoms with Crippen molar-refractivity contribution in [2.75, 3.05) is 0 Å². The van der Waals surface area contributed by atoms with Crippen LogP contribution in [0.2, 0.25) is 0 Å². The van der Waals surface area contributed by atoms with Crippen molar-refractivity contribution in [2.24, 2.45) is 5.14 Å². The molecule has 48 heavy (non-hydrogen) atoms. The third-order valence-corrected chi connectivity index (χ3v) is 8.21. The van der Waals surface area contributed by atoms with Gasteiger partial charge in [-0.25, -0.2) is 23.1 Å². The van der Waals surface area contributed by atoms with Gasteiger partial charge in [-0.15, -0.1) is 0 Å². The van der Waals surface area contributed by atoms with Crippen molar-refractivity contribution in [3.05, 3.63) is 150 Å². The van der Waals surface area contributed by atoms with Gasteiger partial charge in [-0.2, -0.15) is 0 Å². The van der Waals surface area contributed by atoms with Gasteiger partial charge in [0.1, 0.15) is 17.7 Å². The lowest BCUT2D eigenvalue weighted by atomic mass is 10.1. The fraction of sp³-hybridized carbons (Fsp3) is 0.111. The van der Waals surface area contributed by atoms with E-state index in [0.717, 1.165) is 5.56 Å². The molecule has 0 saturated carbocycles. The van der Waals surface area contributed by atoms with Crippen molar-refractivity contribution in [1.29, 1.82) is 5.41 Å². The van der Waals surface area contributed by atoms with Crippen molar-refractivity contribution in [3.8, 4) is 16.9 Å². The Bertz CT molecular complexity index is 2010. The molecule has 12 heteroatoms. The number of aromatic nitrogens is 1. The lowest BCUT2D eigenvalue weighted by Gasteiger charge is -2.23. The summed E-state index contributed by atoms with van der Waals surface area (Å²) >= 11 is 0. The molecule has 0 spiro atoms. The maximum absolute atomic E-state index is 13.5. The van der Waals surface area contributed by atoms with Crippen LogP contribution in [0.5, 0.6) is 5.75 Å². The normalized spacial score (nSPS) is 11.6. The topological polar surface area (TPSA) is 165 Å². The average molecular weight is 664 g/mol. The van der Waals surface area contributed by atoms with E-state index < -0.39 is 28.3 Å². The molecule has 0 aliphatic rings. The van der Waals surface area contributed by atoms with E-state index in [1.54, 1.807) is 98.0 Å². The van der Waals surface area contributed by atoms with E-state index in [1.807, 2.05) is 30.3 Å². The Hall–Kier alpha value is -5.85. The van der Waals surface area contributed by atoms with Crippen LogP contribution in [0.25, 0.3) is 11.1 Å². The van der Waals surface area contributed by atoms with Gasteiger partial charge in [-0.3, -0.25) is 20.6 Å². The van der Waals surface area contributed by atoms with Crippen molar-refractivity contribution in [1.82, 2.24) is 15.2 Å². The highest BCUT2D eigenvalue weighted by atomic mass is 32.2. The van der Waals surface area contributed by atoms with E-state index in [1.165, 1.54) is 11.0 Å². The summed E-state index contributed by atoms with van der Waals surface area (Å²) in [4.78, 5) is 31.7. The Balaban J connectivity index is 1.29. The third kappa shape index (κ3) is 8.90. The molecule has 0 aliphatic heterocycles. The third-order valence-electron chi connectivity index (χ3n) is 7.24. The molecule has 4 N–H and O–H groups in total. The van der Waals surface area contributed by atoms with Gasteiger partial charge in [-0.05, 0) is 60.0 Å². The minimum absolute atomic E-state index is 0.00905. The number of hydrogen-bond acceptors (Lipinski definition) is 8. The number of hydrogen-bond donors (Lipinski definition) is 3. The molecule has 244 valence electrons. The highest BCUT2D eigenvalue weighted by Gasteiger charge is 2.20. The first-order valence-electron chi connectivity index (χ1n) is 14.9. The lowest BCUT2D eigenvalue weighted by molar-refractivity contribution is 0.110. The number of amides is 2. The standard InChI is InChI=1S/C36H33N5O6S/c1-25(32-15-7-8-21-39-32)46-35(42)40-34(37)29-13-9-12-27(22-29)24-41(23-26-10-3-2-4-11-26)36(43)47-30-19-17-28(18-20-30)31-14-5-6-16-33(31)48(38,44)45/h2-22,25H,23-24H2,1H3,(H2,37,40,42)(H2,38,44,45). The van der Waals surface area contributed by atoms with Gasteiger partial charge in [-0.1, -0.05) is 84.9 Å². The molecule has 2 amide bonds. The van der Waals surface area contributed by atoms with E-state index in [0.29, 0.717) is 27.9 Å². The molecule has 1 aromatic heterocycles. The number of carbonyl (C=O) groups excluding carboxylic acids is 2. The molecular weight excluding hydrogens is 630 g/mol. The van der Waals surface area contributed by atoms with E-state index in [9.17, 15) is 18.0 Å². The second kappa shape index (κ2) is 15.2. The van der Waals surface area contributed by atoms with Crippen LogP contribution < -0.4 is 15.2 Å². The lowest BCUT2D eigenvalue weighted by Crippen LogP contribution is -2.33. The summed E-state index contributed by atoms with van der Waals surface area (Å²) in [6.07, 6.45) is -0.427. The number of rotatable bonds is 10. The smallest absolute Gasteiger partial charge is 0.415 e. The van der Waals surface area contributed by atoms with Crippen LogP contribution in [-0.4, -0.2) is 36.3 Å². The van der Waals surface area contributed by atoms with Crippen LogP contribution in [0, 0.1) is 5.41 Å². The van der Waals surface area contributed by atoms with Crippen LogP contribution >= 0.6 is 0 Å². The Morgan fingerprint density at radius 3 is 2.23 bits per heavy atom. The quantitative estimate of drug-likeness (QED) is 0.115. The van der Waals surface area contributed by atoms with Gasteiger partial charge >= 0.3 is 12.2 Å². The zero-order valence-corrected chi connectivity index (χ0v) is 26.8. The van der Waals surface area contributed by atoms with Crippen molar-refractivity contribution in [2.45, 2.75) is 31.0 Å². The second-order valence-electron chi connectivity index (χ2n) is 10.8. The van der Waals surface area contributed by atoms with Crippen molar-refractivity contribution in [3.63, 3.8) is 0 Å². The number of pyridine rings is 1. The monoisotopic (exact) mass is 663 g/mol. The van der Waals surface area contributed by atoms with Crippen LogP contribution in [0.15, 0.2) is 132 Å². The Morgan fingerprint density at radius 1 is 0.854 bits per heavy atom. The molecule has 0 radical (unpaired) electrons. The number of nitrogens with two attached hydrogens (primary N) is 1. The van der Waals surface area contributed by atoms with Crippen LogP contribution in [0.1, 0.15) is 35.4 Å². The molecule has 5 rings (SSSR count). The molecule has 4 aromatic carbocycles. The second-order valence-corrected chi connectivity index (χ2v) is 12.3. The van der Waals surface area contributed by atoms with Gasteiger partial charge < -0.3 is 9.47 Å². The van der Waals surface area contributed by atoms with Crippen molar-refractivity contribution < 1.29 is 27.5 Å². The number of carbonyl (C=O) groups is 2. The molecule has 1 unspecified atom stereocenters. The summed E-state index contributed by atoms with van der Waals surface area (Å²) in [6, 6.07) is 34.5. The van der Waals surface area contributed by atoms with E-state index in [-0.39, 0.29) is 29.6 Å². The first-order valence-corrected chi connectivity index (χ1v) is 16.4. The Morgan fingerprint density at radius 2 is 1.52 bits per heavy atom. The van der Waals surface area contributed by atoms with Crippen molar-refractivity contribution >= 4 is 28.0 Å². The predicted molar refractivity (Wildman–Crippen MR) is 181 cm³/mol. The summed E-state index contributed by atoms with van der Waals surface area (Å²) in [7, 11) is -3.95. The number of nitrogens with one attached hydrogen (secondary N) is 2. The molecule has 11 nitrogen and oxygen atoms in total. The Labute approximate surface area is 278 Å². The maximum atomic E-state index is 13.5. The van der Waals surface area contributed by atoms with Crippen LogP contribution in [0.3, 0.4) is 0 Å². The van der Waals surface area contributed by atoms with Gasteiger partial charge in [0.25, 0.3) is 0 Å². The summed E-state index contributed by atoms with van der Waals surface area (Å²) in [6.45, 7) is 2.06. The zero-order valence-electron chi connectivity index (χ0n) is 25.9. The summed E-state index contributed by atoms with van der Waals surface area (Å²) < 4.78 is 35.3. The number of amidine groups is 1. The van der Waals surface area contributed by atoms with E-state index >= 15 is 0 Å². The molecule has 1 heterocycles. The van der Waals surface area contributed by atoms with Crippen LogP contribution in [0.4, 0.5) is 9.59 Å². The van der Waals surface area contributed by atoms with E-state index in [4.69, 9.17) is 20.0 Å². The minimum atomic E-state index is -3.95. The number of sulfonamides is 1. The highest BCUT2D eigenvalue weighted by molar-refractivity contribution is 7.89. The number of nitrogens with zero attached hydrogens (tertiary/aromatic N) is 2. The maximum Gasteiger partial charge on any atom is 0.415 e. The molecule has 0 bridgehead atoms. The SMILES string of the molecule is CC(OC(=O)NC(=N)c1cccc(CN(Cc2ccccc2)C(=O)Oc2ccc(-c3ccccc3S(N)(=O)=O)cc2)c1)c1ccccn1. The fourth-order valence-electron chi connectivity index (χ4n) is 4.90. The molecular formula is C36H33N5O6S. The first-order chi connectivity index (χ1) is 23.1. The number of benzene rings is 4. The summed E-state index contributed by atoms with van der Waals surface area (Å²) in [5.41, 5.74) is 3.58. The van der Waals surface area contributed by atoms with Gasteiger partial charge in [0.15, 0.2) is 0 Å². The average Bonchev–Trinajstić information content (AvgIpc) is 3.09. The fourth-order valence-corrected chi connectivity index (χ4v) is 5.66. The summed E-state index contributed by atoms with van der Waals surface area (Å²) in [5.74, 6) is 0.0874. The highest BCUT2D eigenvalue weighted by Crippen LogP contribution is 2.28. The molecule has 5 aromatic rings. The Kier molecular flexibility index (Phi) is 10.6. The molecule has 0 fully saturated rings. The number of alkyl carbamates (subject to hydrolysis) is 1. The van der Waals surface area contributed by atoms with Gasteiger partial charge in [0.05, 0.1) is 10.6 Å². The zero-order chi connectivity index (χ0) is 34.1. The molecule has 1 atom stereocenters. The first kappa shape index (κ1) is 33.5. The summed E-state index contributed by atoms with van der Waals surface area (Å²) in [5, 5.41) is 16.3.